The normalized spacial score (nSPS) is 22.8. The van der Waals surface area contributed by atoms with Gasteiger partial charge in [0.25, 0.3) is 0 Å². The van der Waals surface area contributed by atoms with E-state index in [4.69, 9.17) is 0 Å². The van der Waals surface area contributed by atoms with Gasteiger partial charge < -0.3 is 10.2 Å². The van der Waals surface area contributed by atoms with Crippen molar-refractivity contribution in [3.63, 3.8) is 0 Å². The Labute approximate surface area is 119 Å². The van der Waals surface area contributed by atoms with E-state index in [1.807, 2.05) is 12.1 Å². The third kappa shape index (κ3) is 2.10. The Morgan fingerprint density at radius 3 is 3.00 bits per heavy atom. The molecular weight excluding hydrogens is 248 g/mol. The highest BCUT2D eigenvalue weighted by Crippen LogP contribution is 2.30. The Morgan fingerprint density at radius 2 is 2.20 bits per heavy atom. The predicted octanol–water partition coefficient (Wildman–Crippen LogP) is 2.29. The van der Waals surface area contributed by atoms with Gasteiger partial charge in [0.15, 0.2) is 0 Å². The molecule has 0 radical (unpaired) electrons. The lowest BCUT2D eigenvalue weighted by atomic mass is 10.0. The number of fused-ring (bicyclic) bond motifs is 1. The van der Waals surface area contributed by atoms with Gasteiger partial charge in [-0.15, -0.1) is 0 Å². The first-order valence-electron chi connectivity index (χ1n) is 6.98. The minimum absolute atomic E-state index is 0.433. The molecule has 20 heavy (non-hydrogen) atoms. The van der Waals surface area contributed by atoms with Gasteiger partial charge in [-0.3, -0.25) is 4.98 Å². The second-order valence-electron chi connectivity index (χ2n) is 5.45. The number of nitriles is 1. The van der Waals surface area contributed by atoms with Gasteiger partial charge in [0.2, 0.25) is 0 Å². The van der Waals surface area contributed by atoms with E-state index < -0.39 is 0 Å². The molecule has 0 spiro atoms. The largest absolute Gasteiger partial charge is 0.365 e. The summed E-state index contributed by atoms with van der Waals surface area (Å²) in [7, 11) is 0. The number of nitrogens with one attached hydrogen (secondary N) is 1. The number of piperazine rings is 1. The molecule has 2 aromatic rings. The maximum Gasteiger partial charge on any atom is 0.101 e. The second-order valence-corrected chi connectivity index (χ2v) is 5.45. The van der Waals surface area contributed by atoms with E-state index in [0.29, 0.717) is 17.6 Å². The summed E-state index contributed by atoms with van der Waals surface area (Å²) in [6.45, 7) is 6.36. The maximum absolute atomic E-state index is 9.22. The molecule has 1 aliphatic rings. The molecule has 2 unspecified atom stereocenters. The number of benzene rings is 1. The lowest BCUT2D eigenvalue weighted by Gasteiger charge is -2.39. The minimum Gasteiger partial charge on any atom is -0.365 e. The summed E-state index contributed by atoms with van der Waals surface area (Å²) in [6, 6.07) is 11.0. The molecule has 0 saturated carbocycles. The van der Waals surface area contributed by atoms with Crippen LogP contribution in [0.15, 0.2) is 30.5 Å². The van der Waals surface area contributed by atoms with Crippen molar-refractivity contribution in [2.45, 2.75) is 25.9 Å². The van der Waals surface area contributed by atoms with Gasteiger partial charge in [-0.1, -0.05) is 0 Å². The summed E-state index contributed by atoms with van der Waals surface area (Å²) < 4.78 is 0. The molecule has 1 N–H and O–H groups in total. The molecule has 0 bridgehead atoms. The number of nitrogens with zero attached hydrogens (tertiary/aromatic N) is 3. The summed E-state index contributed by atoms with van der Waals surface area (Å²) in [5, 5.41) is 13.8. The van der Waals surface area contributed by atoms with Crippen molar-refractivity contribution >= 4 is 16.6 Å². The van der Waals surface area contributed by atoms with Crippen molar-refractivity contribution in [3.8, 4) is 6.07 Å². The smallest absolute Gasteiger partial charge is 0.101 e. The van der Waals surface area contributed by atoms with E-state index in [1.165, 1.54) is 5.69 Å². The fraction of sp³-hybridized carbons (Fsp3) is 0.375. The van der Waals surface area contributed by atoms with Crippen LogP contribution in [0.2, 0.25) is 0 Å². The molecule has 1 aromatic carbocycles. The van der Waals surface area contributed by atoms with Crippen LogP contribution in [0.3, 0.4) is 0 Å². The molecule has 1 aliphatic heterocycles. The van der Waals surface area contributed by atoms with Crippen LogP contribution in [0.25, 0.3) is 10.9 Å². The number of anilines is 1. The Kier molecular flexibility index (Phi) is 3.29. The molecule has 0 aliphatic carbocycles. The van der Waals surface area contributed by atoms with E-state index in [1.54, 1.807) is 6.20 Å². The highest BCUT2D eigenvalue weighted by Gasteiger charge is 2.24. The highest BCUT2D eigenvalue weighted by molar-refractivity contribution is 5.95. The van der Waals surface area contributed by atoms with Gasteiger partial charge in [0, 0.05) is 42.4 Å². The first-order valence-corrected chi connectivity index (χ1v) is 6.98. The van der Waals surface area contributed by atoms with Gasteiger partial charge in [-0.25, -0.2) is 0 Å². The fourth-order valence-electron chi connectivity index (χ4n) is 2.86. The lowest BCUT2D eigenvalue weighted by Crippen LogP contribution is -2.54. The summed E-state index contributed by atoms with van der Waals surface area (Å²) in [5.41, 5.74) is 2.61. The van der Waals surface area contributed by atoms with Crippen LogP contribution in [0.1, 0.15) is 19.4 Å². The van der Waals surface area contributed by atoms with Crippen LogP contribution < -0.4 is 10.2 Å². The third-order valence-electron chi connectivity index (χ3n) is 3.94. The van der Waals surface area contributed by atoms with Crippen molar-refractivity contribution in [3.05, 3.63) is 36.0 Å². The van der Waals surface area contributed by atoms with Crippen molar-refractivity contribution in [2.24, 2.45) is 0 Å². The standard InChI is InChI=1S/C16H18N4/c1-11-10-20(12(2)9-19-11)15-6-5-13(8-17)16-14(15)4-3-7-18-16/h3-7,11-12,19H,9-10H2,1-2H3. The monoisotopic (exact) mass is 266 g/mol. The summed E-state index contributed by atoms with van der Waals surface area (Å²) in [4.78, 5) is 6.80. The van der Waals surface area contributed by atoms with E-state index >= 15 is 0 Å². The fourth-order valence-corrected chi connectivity index (χ4v) is 2.86. The zero-order chi connectivity index (χ0) is 14.1. The number of aromatic nitrogens is 1. The number of pyridine rings is 1. The average Bonchev–Trinajstić information content (AvgIpc) is 2.49. The molecule has 1 aromatic heterocycles. The SMILES string of the molecule is CC1CN(c2ccc(C#N)c3ncccc23)C(C)CN1. The van der Waals surface area contributed by atoms with Gasteiger partial charge in [-0.2, -0.15) is 5.26 Å². The maximum atomic E-state index is 9.22. The Balaban J connectivity index is 2.15. The molecule has 2 heterocycles. The lowest BCUT2D eigenvalue weighted by molar-refractivity contribution is 0.426. The first kappa shape index (κ1) is 12.9. The number of rotatable bonds is 1. The van der Waals surface area contributed by atoms with Crippen molar-refractivity contribution in [1.82, 2.24) is 10.3 Å². The molecule has 1 fully saturated rings. The zero-order valence-corrected chi connectivity index (χ0v) is 11.8. The number of hydrogen-bond donors (Lipinski definition) is 1. The molecule has 3 rings (SSSR count). The topological polar surface area (TPSA) is 52.0 Å². The quantitative estimate of drug-likeness (QED) is 0.860. The molecular formula is C16H18N4. The average molecular weight is 266 g/mol. The van der Waals surface area contributed by atoms with Crippen LogP contribution in [0, 0.1) is 11.3 Å². The third-order valence-corrected chi connectivity index (χ3v) is 3.94. The van der Waals surface area contributed by atoms with Crippen LogP contribution >= 0.6 is 0 Å². The van der Waals surface area contributed by atoms with Crippen molar-refractivity contribution < 1.29 is 0 Å². The van der Waals surface area contributed by atoms with Gasteiger partial charge >= 0.3 is 0 Å². The molecule has 0 amide bonds. The van der Waals surface area contributed by atoms with Crippen LogP contribution in [0.5, 0.6) is 0 Å². The van der Waals surface area contributed by atoms with Crippen LogP contribution in [-0.4, -0.2) is 30.2 Å². The van der Waals surface area contributed by atoms with Gasteiger partial charge in [0.05, 0.1) is 11.1 Å². The predicted molar refractivity (Wildman–Crippen MR) is 80.7 cm³/mol. The van der Waals surface area contributed by atoms with Gasteiger partial charge in [-0.05, 0) is 38.1 Å². The van der Waals surface area contributed by atoms with E-state index in [0.717, 1.165) is 24.0 Å². The Morgan fingerprint density at radius 1 is 1.35 bits per heavy atom. The summed E-state index contributed by atoms with van der Waals surface area (Å²) >= 11 is 0. The van der Waals surface area contributed by atoms with E-state index in [9.17, 15) is 5.26 Å². The highest BCUT2D eigenvalue weighted by atomic mass is 15.2. The molecule has 4 nitrogen and oxygen atoms in total. The number of hydrogen-bond acceptors (Lipinski definition) is 4. The Bertz CT molecular complexity index is 674. The van der Waals surface area contributed by atoms with Crippen LogP contribution in [0.4, 0.5) is 5.69 Å². The first-order chi connectivity index (χ1) is 9.70. The zero-order valence-electron chi connectivity index (χ0n) is 11.8. The summed E-state index contributed by atoms with van der Waals surface area (Å²) in [6.07, 6.45) is 1.75. The summed E-state index contributed by atoms with van der Waals surface area (Å²) in [5.74, 6) is 0. The Hall–Kier alpha value is -2.12. The minimum atomic E-state index is 0.433. The van der Waals surface area contributed by atoms with Gasteiger partial charge in [0.1, 0.15) is 6.07 Å². The molecule has 4 heteroatoms. The van der Waals surface area contributed by atoms with E-state index in [2.05, 4.69) is 47.3 Å². The van der Waals surface area contributed by atoms with Crippen molar-refractivity contribution in [1.29, 1.82) is 5.26 Å². The van der Waals surface area contributed by atoms with E-state index in [-0.39, 0.29) is 0 Å². The van der Waals surface area contributed by atoms with Crippen LogP contribution in [-0.2, 0) is 0 Å². The molecule has 2 atom stereocenters. The molecule has 102 valence electrons. The molecule has 1 saturated heterocycles. The van der Waals surface area contributed by atoms with Crippen molar-refractivity contribution in [2.75, 3.05) is 18.0 Å². The second kappa shape index (κ2) is 5.10.